The minimum atomic E-state index is -1.19. The van der Waals surface area contributed by atoms with Crippen molar-refractivity contribution in [1.29, 1.82) is 0 Å². The van der Waals surface area contributed by atoms with Crippen LogP contribution in [0.5, 0.6) is 0 Å². The number of benzene rings is 1. The Morgan fingerprint density at radius 1 is 1.06 bits per heavy atom. The fourth-order valence-electron chi connectivity index (χ4n) is 4.96. The van der Waals surface area contributed by atoms with Crippen LogP contribution in [-0.4, -0.2) is 88.9 Å². The van der Waals surface area contributed by atoms with Gasteiger partial charge in [0, 0.05) is 24.7 Å². The number of hydrogen-bond donors (Lipinski definition) is 2. The van der Waals surface area contributed by atoms with Gasteiger partial charge in [0.15, 0.2) is 0 Å². The first-order chi connectivity index (χ1) is 16.4. The number of amides is 1. The number of fused-ring (bicyclic) bond motifs is 1. The summed E-state index contributed by atoms with van der Waals surface area (Å²) in [6.07, 6.45) is 3.18. The average molecular weight is 470 g/mol. The smallest absolute Gasteiger partial charge is 0.312 e. The second kappa shape index (κ2) is 10.8. The Morgan fingerprint density at radius 3 is 2.62 bits per heavy atom. The molecule has 2 aliphatic rings. The van der Waals surface area contributed by atoms with Crippen LogP contribution in [0.1, 0.15) is 48.9 Å². The highest BCUT2D eigenvalue weighted by Crippen LogP contribution is 2.38. The molecule has 0 bridgehead atoms. The fourth-order valence-corrected chi connectivity index (χ4v) is 4.96. The first-order valence-electron chi connectivity index (χ1n) is 12.2. The number of likely N-dealkylation sites (tertiary alicyclic amines) is 1. The molecule has 2 saturated heterocycles. The number of esters is 1. The molecule has 2 aromatic rings. The van der Waals surface area contributed by atoms with Gasteiger partial charge in [0.1, 0.15) is 12.7 Å². The molecule has 2 fully saturated rings. The van der Waals surface area contributed by atoms with E-state index in [1.807, 2.05) is 37.4 Å². The number of aliphatic hydroxyl groups is 2. The van der Waals surface area contributed by atoms with Gasteiger partial charge in [-0.15, -0.1) is 0 Å². The Morgan fingerprint density at radius 2 is 1.82 bits per heavy atom. The monoisotopic (exact) mass is 469 g/mol. The van der Waals surface area contributed by atoms with Crippen LogP contribution < -0.4 is 0 Å². The molecule has 4 rings (SSSR count). The number of pyridine rings is 1. The minimum Gasteiger partial charge on any atom is -0.462 e. The van der Waals surface area contributed by atoms with E-state index in [1.54, 1.807) is 11.1 Å². The molecule has 0 saturated carbocycles. The highest BCUT2D eigenvalue weighted by Gasteiger charge is 2.42. The van der Waals surface area contributed by atoms with Crippen LogP contribution >= 0.6 is 0 Å². The first kappa shape index (κ1) is 24.6. The van der Waals surface area contributed by atoms with Gasteiger partial charge in [-0.2, -0.15) is 0 Å². The standard InChI is InChI=1S/C26H35N3O5/c1-28-14-10-26(11-15-28)9-4-5-12-29(13-8-22(30)23(31)18-34-25(26)33)24(32)20-16-19-6-2-3-7-21(19)27-17-20/h2-3,6-7,16-17,22-23,30-31H,4-5,8-15,18H2,1H3/t22-,23+/m0/s1. The van der Waals surface area contributed by atoms with Gasteiger partial charge in [-0.05, 0) is 64.4 Å². The van der Waals surface area contributed by atoms with Crippen LogP contribution in [0.2, 0.25) is 0 Å². The Labute approximate surface area is 200 Å². The van der Waals surface area contributed by atoms with Crippen molar-refractivity contribution in [3.63, 3.8) is 0 Å². The van der Waals surface area contributed by atoms with Crippen molar-refractivity contribution in [2.75, 3.05) is 39.8 Å². The van der Waals surface area contributed by atoms with Gasteiger partial charge in [-0.25, -0.2) is 0 Å². The van der Waals surface area contributed by atoms with Crippen molar-refractivity contribution in [3.05, 3.63) is 42.1 Å². The van der Waals surface area contributed by atoms with E-state index in [-0.39, 0.29) is 24.9 Å². The van der Waals surface area contributed by atoms with Crippen LogP contribution in [0.3, 0.4) is 0 Å². The Kier molecular flexibility index (Phi) is 7.80. The predicted octanol–water partition coefficient (Wildman–Crippen LogP) is 2.23. The van der Waals surface area contributed by atoms with Gasteiger partial charge < -0.3 is 24.7 Å². The molecular weight excluding hydrogens is 434 g/mol. The van der Waals surface area contributed by atoms with Gasteiger partial charge in [-0.1, -0.05) is 24.6 Å². The Balaban J connectivity index is 1.51. The van der Waals surface area contributed by atoms with E-state index in [9.17, 15) is 19.8 Å². The van der Waals surface area contributed by atoms with Gasteiger partial charge in [-0.3, -0.25) is 14.6 Å². The quantitative estimate of drug-likeness (QED) is 0.618. The third kappa shape index (κ3) is 5.56. The van der Waals surface area contributed by atoms with Gasteiger partial charge in [0.05, 0.1) is 22.6 Å². The zero-order valence-corrected chi connectivity index (χ0v) is 19.9. The number of rotatable bonds is 1. The number of aliphatic hydroxyl groups excluding tert-OH is 2. The number of hydrogen-bond acceptors (Lipinski definition) is 7. The van der Waals surface area contributed by atoms with Crippen LogP contribution in [0, 0.1) is 5.41 Å². The molecule has 3 heterocycles. The van der Waals surface area contributed by atoms with Crippen molar-refractivity contribution < 1.29 is 24.5 Å². The van der Waals surface area contributed by atoms with Crippen molar-refractivity contribution in [3.8, 4) is 0 Å². The largest absolute Gasteiger partial charge is 0.462 e. The molecule has 0 radical (unpaired) electrons. The SMILES string of the molecule is CN1CCC2(CCCCN(C(=O)c3cnc4ccccc4c3)CC[C@H](O)[C@H](O)COC2=O)CC1. The molecule has 1 spiro atoms. The summed E-state index contributed by atoms with van der Waals surface area (Å²) < 4.78 is 5.50. The van der Waals surface area contributed by atoms with Crippen molar-refractivity contribution in [2.45, 2.75) is 50.7 Å². The minimum absolute atomic E-state index is 0.142. The number of para-hydroxylation sites is 1. The summed E-state index contributed by atoms with van der Waals surface area (Å²) in [4.78, 5) is 34.7. The molecule has 2 aliphatic heterocycles. The van der Waals surface area contributed by atoms with Crippen molar-refractivity contribution in [2.24, 2.45) is 5.41 Å². The summed E-state index contributed by atoms with van der Waals surface area (Å²) in [6, 6.07) is 9.50. The fraction of sp³-hybridized carbons (Fsp3) is 0.577. The van der Waals surface area contributed by atoms with Gasteiger partial charge in [0.25, 0.3) is 5.91 Å². The third-order valence-corrected chi connectivity index (χ3v) is 7.36. The first-order valence-corrected chi connectivity index (χ1v) is 12.2. The van der Waals surface area contributed by atoms with Crippen molar-refractivity contribution in [1.82, 2.24) is 14.8 Å². The Bertz CT molecular complexity index is 1000. The van der Waals surface area contributed by atoms with Crippen LogP contribution in [0.15, 0.2) is 36.5 Å². The number of ether oxygens (including phenoxy) is 1. The normalized spacial score (nSPS) is 25.3. The lowest BCUT2D eigenvalue weighted by atomic mass is 9.74. The molecule has 34 heavy (non-hydrogen) atoms. The lowest BCUT2D eigenvalue weighted by Gasteiger charge is -2.39. The number of piperidine rings is 1. The molecular formula is C26H35N3O5. The lowest BCUT2D eigenvalue weighted by molar-refractivity contribution is -0.164. The van der Waals surface area contributed by atoms with Gasteiger partial charge >= 0.3 is 5.97 Å². The van der Waals surface area contributed by atoms with E-state index < -0.39 is 17.6 Å². The second-order valence-electron chi connectivity index (χ2n) is 9.77. The number of carbonyl (C=O) groups excluding carboxylic acids is 2. The van der Waals surface area contributed by atoms with E-state index in [0.717, 1.165) is 36.8 Å². The summed E-state index contributed by atoms with van der Waals surface area (Å²) >= 11 is 0. The molecule has 8 nitrogen and oxygen atoms in total. The number of nitrogens with zero attached hydrogens (tertiary/aromatic N) is 3. The van der Waals surface area contributed by atoms with E-state index >= 15 is 0 Å². The van der Waals surface area contributed by atoms with Gasteiger partial charge in [0.2, 0.25) is 0 Å². The molecule has 2 N–H and O–H groups in total. The number of cyclic esters (lactones) is 1. The summed E-state index contributed by atoms with van der Waals surface area (Å²) in [5.74, 6) is -0.419. The maximum atomic E-state index is 13.4. The van der Waals surface area contributed by atoms with E-state index in [2.05, 4.69) is 9.88 Å². The molecule has 0 aliphatic carbocycles. The third-order valence-electron chi connectivity index (χ3n) is 7.36. The molecule has 0 unspecified atom stereocenters. The molecule has 1 aromatic carbocycles. The zero-order valence-electron chi connectivity index (χ0n) is 19.9. The highest BCUT2D eigenvalue weighted by atomic mass is 16.5. The summed E-state index contributed by atoms with van der Waals surface area (Å²) in [5, 5.41) is 21.8. The van der Waals surface area contributed by atoms with Crippen LogP contribution in [0.25, 0.3) is 10.9 Å². The van der Waals surface area contributed by atoms with E-state index in [4.69, 9.17) is 4.74 Å². The van der Waals surface area contributed by atoms with E-state index in [0.29, 0.717) is 37.9 Å². The zero-order chi connectivity index (χ0) is 24.1. The highest BCUT2D eigenvalue weighted by molar-refractivity contribution is 5.97. The summed E-state index contributed by atoms with van der Waals surface area (Å²) in [7, 11) is 2.04. The molecule has 1 amide bonds. The Hall–Kier alpha value is -2.55. The molecule has 2 atom stereocenters. The summed E-state index contributed by atoms with van der Waals surface area (Å²) in [5.41, 5.74) is 0.765. The van der Waals surface area contributed by atoms with Crippen LogP contribution in [-0.2, 0) is 9.53 Å². The molecule has 1 aromatic heterocycles. The predicted molar refractivity (Wildman–Crippen MR) is 128 cm³/mol. The summed E-state index contributed by atoms with van der Waals surface area (Å²) in [6.45, 7) is 2.22. The van der Waals surface area contributed by atoms with Crippen LogP contribution in [0.4, 0.5) is 0 Å². The molecule has 184 valence electrons. The van der Waals surface area contributed by atoms with E-state index in [1.165, 1.54) is 0 Å². The number of aromatic nitrogens is 1. The van der Waals surface area contributed by atoms with Crippen molar-refractivity contribution >= 4 is 22.8 Å². The second-order valence-corrected chi connectivity index (χ2v) is 9.77. The lowest BCUT2D eigenvalue weighted by Crippen LogP contribution is -2.45. The molecule has 8 heteroatoms. The maximum absolute atomic E-state index is 13.4. The maximum Gasteiger partial charge on any atom is 0.312 e. The topological polar surface area (TPSA) is 103 Å². The average Bonchev–Trinajstić information content (AvgIpc) is 2.87. The number of carbonyl (C=O) groups is 2.